The number of aromatic nitrogens is 1. The Hall–Kier alpha value is -1.95. The quantitative estimate of drug-likeness (QED) is 0.560. The van der Waals surface area contributed by atoms with Crippen LogP contribution in [0.4, 0.5) is 4.39 Å². The molecule has 2 aliphatic heterocycles. The number of ether oxygens (including phenoxy) is 1. The number of amidine groups is 1. The van der Waals surface area contributed by atoms with Gasteiger partial charge in [0, 0.05) is 33.5 Å². The zero-order valence-corrected chi connectivity index (χ0v) is 22.0. The van der Waals surface area contributed by atoms with Crippen molar-refractivity contribution in [1.29, 1.82) is 0 Å². The largest absolute Gasteiger partial charge is 0.463 e. The van der Waals surface area contributed by atoms with Gasteiger partial charge < -0.3 is 9.64 Å². The van der Waals surface area contributed by atoms with Crippen molar-refractivity contribution in [2.24, 2.45) is 10.1 Å². The van der Waals surface area contributed by atoms with Crippen molar-refractivity contribution in [1.82, 2.24) is 9.88 Å². The Morgan fingerprint density at radius 2 is 2.15 bits per heavy atom. The van der Waals surface area contributed by atoms with Crippen molar-refractivity contribution in [3.8, 4) is 0 Å². The number of benzene rings is 1. The number of nitrogens with two attached hydrogens (primary N) is 1. The lowest BCUT2D eigenvalue weighted by molar-refractivity contribution is -0.138. The zero-order chi connectivity index (χ0) is 24.4. The maximum atomic E-state index is 12.1. The van der Waals surface area contributed by atoms with Gasteiger partial charge in [0.15, 0.2) is 10.8 Å². The molecule has 0 bridgehead atoms. The van der Waals surface area contributed by atoms with E-state index in [0.717, 1.165) is 40.4 Å². The molecule has 11 heteroatoms. The summed E-state index contributed by atoms with van der Waals surface area (Å²) >= 11 is 4.70. The molecule has 2 N–H and O–H groups in total. The van der Waals surface area contributed by atoms with Crippen LogP contribution >= 0.6 is 27.3 Å². The van der Waals surface area contributed by atoms with Gasteiger partial charge in [-0.05, 0) is 51.8 Å². The van der Waals surface area contributed by atoms with Crippen molar-refractivity contribution in [2.75, 3.05) is 19.7 Å². The second-order valence-electron chi connectivity index (χ2n) is 7.20. The number of hydrogen-bond acceptors (Lipinski definition) is 7. The van der Waals surface area contributed by atoms with Gasteiger partial charge in [0.25, 0.3) is 0 Å². The summed E-state index contributed by atoms with van der Waals surface area (Å²) in [6.07, 6.45) is 3.74. The molecule has 7 nitrogen and oxygen atoms in total. The van der Waals surface area contributed by atoms with Gasteiger partial charge in [0.2, 0.25) is 0 Å². The third kappa shape index (κ3) is 8.40. The van der Waals surface area contributed by atoms with Crippen LogP contribution in [-0.2, 0) is 20.5 Å². The van der Waals surface area contributed by atoms with E-state index in [4.69, 9.17) is 9.88 Å². The highest BCUT2D eigenvalue weighted by Gasteiger charge is 2.32. The lowest BCUT2D eigenvalue weighted by Crippen LogP contribution is -2.33. The molecule has 1 unspecified atom stereocenters. The lowest BCUT2D eigenvalue weighted by Gasteiger charge is -2.26. The molecule has 1 fully saturated rings. The first-order chi connectivity index (χ1) is 15.7. The number of halogens is 2. The first-order valence-electron chi connectivity index (χ1n) is 10.4. The van der Waals surface area contributed by atoms with Gasteiger partial charge in [-0.15, -0.1) is 11.3 Å². The molecule has 3 heterocycles. The first kappa shape index (κ1) is 27.3. The van der Waals surface area contributed by atoms with Gasteiger partial charge in [-0.2, -0.15) is 0 Å². The third-order valence-corrected chi connectivity index (χ3v) is 6.70. The van der Waals surface area contributed by atoms with Crippen LogP contribution in [0.2, 0.25) is 0 Å². The van der Waals surface area contributed by atoms with E-state index in [-0.39, 0.29) is 17.0 Å². The van der Waals surface area contributed by atoms with Gasteiger partial charge in [0.1, 0.15) is 5.82 Å². The standard InChI is InChI=1S/C13H15N3O2S.C6H4BrF.C3H9NOS/c1-2-18-13(17)9-8-15-11(12-14-5-7-19-12)16-6-3-4-10(9)16;7-5-2-1-3-6(8)4-5;1-3(2)6(4)5/h5,7H,2-4,6,8H2,1H3;1-4H;3H,4H2,1-2H3. The molecule has 180 valence electrons. The molecule has 1 atom stereocenters. The van der Waals surface area contributed by atoms with E-state index in [1.165, 1.54) is 12.1 Å². The van der Waals surface area contributed by atoms with Crippen LogP contribution in [-0.4, -0.2) is 50.8 Å². The van der Waals surface area contributed by atoms with E-state index in [9.17, 15) is 13.4 Å². The predicted octanol–water partition coefficient (Wildman–Crippen LogP) is 4.42. The van der Waals surface area contributed by atoms with Crippen molar-refractivity contribution in [2.45, 2.75) is 38.9 Å². The summed E-state index contributed by atoms with van der Waals surface area (Å²) in [5, 5.41) is 7.87. The van der Waals surface area contributed by atoms with Gasteiger partial charge in [-0.3, -0.25) is 10.1 Å². The summed E-state index contributed by atoms with van der Waals surface area (Å²) in [5.74, 6) is 0.460. The number of carbonyl (C=O) groups is 1. The van der Waals surface area contributed by atoms with E-state index >= 15 is 0 Å². The molecular formula is C22H28BrFN4O3S2. The highest BCUT2D eigenvalue weighted by molar-refractivity contribution is 9.10. The van der Waals surface area contributed by atoms with Crippen molar-refractivity contribution in [3.05, 3.63) is 62.4 Å². The average Bonchev–Trinajstić information content (AvgIpc) is 3.46. The molecular weight excluding hydrogens is 531 g/mol. The number of carbonyl (C=O) groups excluding carboxylic acids is 1. The summed E-state index contributed by atoms with van der Waals surface area (Å²) in [7, 11) is -1.12. The van der Waals surface area contributed by atoms with Crippen LogP contribution in [0.25, 0.3) is 0 Å². The molecule has 0 saturated carbocycles. The molecule has 1 aromatic carbocycles. The monoisotopic (exact) mass is 558 g/mol. The summed E-state index contributed by atoms with van der Waals surface area (Å²) < 4.78 is 28.1. The summed E-state index contributed by atoms with van der Waals surface area (Å²) in [5.41, 5.74) is 1.78. The van der Waals surface area contributed by atoms with Crippen LogP contribution in [0.1, 0.15) is 38.6 Å². The molecule has 0 amide bonds. The van der Waals surface area contributed by atoms with E-state index in [1.807, 2.05) is 26.2 Å². The Kier molecular flexibility index (Phi) is 11.3. The Morgan fingerprint density at radius 3 is 2.67 bits per heavy atom. The maximum absolute atomic E-state index is 12.1. The molecule has 0 aliphatic carbocycles. The van der Waals surface area contributed by atoms with Crippen LogP contribution in [0.15, 0.2) is 56.6 Å². The van der Waals surface area contributed by atoms with Gasteiger partial charge in [-0.25, -0.2) is 18.4 Å². The van der Waals surface area contributed by atoms with Crippen LogP contribution in [0, 0.1) is 5.82 Å². The number of allylic oxidation sites excluding steroid dienone is 1. The van der Waals surface area contributed by atoms with E-state index < -0.39 is 11.0 Å². The van der Waals surface area contributed by atoms with Gasteiger partial charge in [-0.1, -0.05) is 22.0 Å². The van der Waals surface area contributed by atoms with Crippen molar-refractivity contribution >= 4 is 50.1 Å². The second-order valence-corrected chi connectivity index (χ2v) is 10.6. The number of fused-ring (bicyclic) bond motifs is 1. The normalized spacial score (nSPS) is 15.6. The van der Waals surface area contributed by atoms with E-state index in [0.29, 0.717) is 18.7 Å². The molecule has 0 spiro atoms. The Labute approximate surface area is 208 Å². The average molecular weight is 560 g/mol. The lowest BCUT2D eigenvalue weighted by atomic mass is 10.1. The van der Waals surface area contributed by atoms with E-state index in [2.05, 4.69) is 30.8 Å². The molecule has 2 aromatic rings. The van der Waals surface area contributed by atoms with Crippen molar-refractivity contribution in [3.63, 3.8) is 0 Å². The smallest absolute Gasteiger partial charge is 0.337 e. The maximum Gasteiger partial charge on any atom is 0.337 e. The molecule has 0 radical (unpaired) electrons. The number of thiazole rings is 1. The fraction of sp³-hybridized carbons (Fsp3) is 0.409. The summed E-state index contributed by atoms with van der Waals surface area (Å²) in [4.78, 5) is 22.9. The molecule has 33 heavy (non-hydrogen) atoms. The highest BCUT2D eigenvalue weighted by atomic mass is 79.9. The number of rotatable bonds is 4. The van der Waals surface area contributed by atoms with Crippen LogP contribution in [0.3, 0.4) is 0 Å². The number of nitrogens with zero attached hydrogens (tertiary/aromatic N) is 3. The number of esters is 1. The third-order valence-electron chi connectivity index (χ3n) is 4.51. The Morgan fingerprint density at radius 1 is 1.42 bits per heavy atom. The molecule has 1 saturated heterocycles. The van der Waals surface area contributed by atoms with Crippen molar-refractivity contribution < 1.29 is 18.1 Å². The summed E-state index contributed by atoms with van der Waals surface area (Å²) in [6, 6.07) is 6.26. The Bertz CT molecular complexity index is 996. The highest BCUT2D eigenvalue weighted by Crippen LogP contribution is 2.31. The van der Waals surface area contributed by atoms with Crippen LogP contribution in [0.5, 0.6) is 0 Å². The molecule has 2 aliphatic rings. The topological polar surface area (TPSA) is 97.9 Å². The minimum absolute atomic E-state index is 0.102. The zero-order valence-electron chi connectivity index (χ0n) is 18.8. The number of hydrogen-bond donors (Lipinski definition) is 1. The van der Waals surface area contributed by atoms with Gasteiger partial charge >= 0.3 is 5.97 Å². The fourth-order valence-electron chi connectivity index (χ4n) is 2.93. The second kappa shape index (κ2) is 13.7. The SMILES string of the molecule is CC(C)S(N)=O.CCOC(=O)C1=C2CCCN2C(c2nccs2)=NC1.Fc1cccc(Br)c1. The first-order valence-corrected chi connectivity index (χ1v) is 13.4. The molecule has 4 rings (SSSR count). The predicted molar refractivity (Wildman–Crippen MR) is 135 cm³/mol. The van der Waals surface area contributed by atoms with E-state index in [1.54, 1.807) is 29.7 Å². The summed E-state index contributed by atoms with van der Waals surface area (Å²) in [6.45, 7) is 7.16. The van der Waals surface area contributed by atoms with Gasteiger partial charge in [0.05, 0.1) is 29.7 Å². The minimum atomic E-state index is -1.12. The minimum Gasteiger partial charge on any atom is -0.463 e. The van der Waals surface area contributed by atoms with Crippen LogP contribution < -0.4 is 5.14 Å². The number of aliphatic imine (C=N–C) groups is 1. The Balaban J connectivity index is 0.000000227. The molecule has 1 aromatic heterocycles. The fourth-order valence-corrected chi connectivity index (χ4v) is 3.95.